The number of nitrogens with zero attached hydrogens (tertiary/aromatic N) is 1. The van der Waals surface area contributed by atoms with Crippen molar-refractivity contribution in [1.29, 1.82) is 5.26 Å². The normalized spacial score (nSPS) is 19.1. The number of Topliss-reactive ketones (excluding diaryl/α,β-unsaturated/α-hetero) is 1. The van der Waals surface area contributed by atoms with Gasteiger partial charge in [-0.15, -0.1) is 0 Å². The number of benzene rings is 1. The molecule has 1 aromatic rings. The quantitative estimate of drug-likeness (QED) is 0.699. The molecular formula is C15H8F9NO. The highest BCUT2D eigenvalue weighted by molar-refractivity contribution is 6.01. The molecule has 2 rings (SSSR count). The van der Waals surface area contributed by atoms with Crippen LogP contribution in [0.5, 0.6) is 0 Å². The van der Waals surface area contributed by atoms with E-state index in [-0.39, 0.29) is 11.1 Å². The van der Waals surface area contributed by atoms with Crippen LogP contribution in [-0.4, -0.2) is 29.7 Å². The third-order valence-electron chi connectivity index (χ3n) is 4.13. The number of rotatable bonds is 3. The molecule has 1 unspecified atom stereocenters. The summed E-state index contributed by atoms with van der Waals surface area (Å²) in [5.41, 5.74) is -0.661. The van der Waals surface area contributed by atoms with Gasteiger partial charge < -0.3 is 0 Å². The molecule has 0 bridgehead atoms. The van der Waals surface area contributed by atoms with E-state index < -0.39 is 54.1 Å². The van der Waals surface area contributed by atoms with E-state index in [4.69, 9.17) is 5.26 Å². The molecule has 0 spiro atoms. The molecule has 0 aliphatic heterocycles. The summed E-state index contributed by atoms with van der Waals surface area (Å²) in [7, 11) is 0. The average Bonchev–Trinajstić information content (AvgIpc) is 2.53. The minimum absolute atomic E-state index is 0.104. The second kappa shape index (κ2) is 5.89. The van der Waals surface area contributed by atoms with E-state index in [0.717, 1.165) is 6.07 Å². The summed E-state index contributed by atoms with van der Waals surface area (Å²) < 4.78 is 118. The standard InChI is InChI=1S/C15H8F9NO/c16-12(17,13(18,19)14(20,21)15(22,23)24)10-4-3-8-2-1-7(6-25)5-9(8)11(10)26/h1-2,5,10H,3-4H2. The molecule has 1 atom stereocenters. The predicted octanol–water partition coefficient (Wildman–Crippen LogP) is 4.77. The first-order valence-corrected chi connectivity index (χ1v) is 6.96. The van der Waals surface area contributed by atoms with Gasteiger partial charge in [-0.1, -0.05) is 6.07 Å². The molecule has 1 aliphatic rings. The summed E-state index contributed by atoms with van der Waals surface area (Å²) >= 11 is 0. The molecule has 0 radical (unpaired) electrons. The molecule has 2 nitrogen and oxygen atoms in total. The summed E-state index contributed by atoms with van der Waals surface area (Å²) in [6, 6.07) is 4.79. The number of hydrogen-bond acceptors (Lipinski definition) is 2. The second-order valence-electron chi connectivity index (χ2n) is 5.71. The van der Waals surface area contributed by atoms with Crippen molar-refractivity contribution in [3.63, 3.8) is 0 Å². The smallest absolute Gasteiger partial charge is 0.294 e. The third kappa shape index (κ3) is 2.71. The fourth-order valence-corrected chi connectivity index (χ4v) is 2.66. The van der Waals surface area contributed by atoms with Crippen LogP contribution in [0.2, 0.25) is 0 Å². The first-order chi connectivity index (χ1) is 11.7. The number of alkyl halides is 9. The molecule has 11 heteroatoms. The molecule has 0 N–H and O–H groups in total. The molecule has 1 aromatic carbocycles. The maximum atomic E-state index is 14.0. The van der Waals surface area contributed by atoms with Crippen LogP contribution < -0.4 is 0 Å². The van der Waals surface area contributed by atoms with E-state index >= 15 is 0 Å². The number of carbonyl (C=O) groups is 1. The van der Waals surface area contributed by atoms with Crippen molar-refractivity contribution in [1.82, 2.24) is 0 Å². The topological polar surface area (TPSA) is 40.9 Å². The van der Waals surface area contributed by atoms with Crippen LogP contribution in [0.4, 0.5) is 39.5 Å². The lowest BCUT2D eigenvalue weighted by Gasteiger charge is -2.38. The van der Waals surface area contributed by atoms with Crippen LogP contribution in [0.1, 0.15) is 27.9 Å². The lowest BCUT2D eigenvalue weighted by Crippen LogP contribution is -2.64. The molecule has 0 aromatic heterocycles. The fourth-order valence-electron chi connectivity index (χ4n) is 2.66. The summed E-state index contributed by atoms with van der Waals surface area (Å²) in [6.45, 7) is 0. The molecule has 0 heterocycles. The summed E-state index contributed by atoms with van der Waals surface area (Å²) in [6.07, 6.45) is -8.42. The predicted molar refractivity (Wildman–Crippen MR) is 68.2 cm³/mol. The SMILES string of the molecule is N#Cc1ccc2c(c1)C(=O)C(C(F)(F)C(F)(F)C(F)(F)C(F)(F)F)CC2. The van der Waals surface area contributed by atoms with Crippen LogP contribution in [0.25, 0.3) is 0 Å². The highest BCUT2D eigenvalue weighted by Gasteiger charge is 2.83. The van der Waals surface area contributed by atoms with Gasteiger partial charge in [0.1, 0.15) is 0 Å². The first kappa shape index (κ1) is 20.1. The van der Waals surface area contributed by atoms with Crippen molar-refractivity contribution in [2.24, 2.45) is 5.92 Å². The Morgan fingerprint density at radius 1 is 0.962 bits per heavy atom. The summed E-state index contributed by atoms with van der Waals surface area (Å²) in [4.78, 5) is 12.1. The van der Waals surface area contributed by atoms with Crippen LogP contribution in [0, 0.1) is 17.2 Å². The minimum Gasteiger partial charge on any atom is -0.294 e. The highest BCUT2D eigenvalue weighted by atomic mass is 19.4. The maximum absolute atomic E-state index is 14.0. The van der Waals surface area contributed by atoms with Gasteiger partial charge in [0.2, 0.25) is 0 Å². The number of carbonyl (C=O) groups excluding carboxylic acids is 1. The average molecular weight is 389 g/mol. The van der Waals surface area contributed by atoms with E-state index in [2.05, 4.69) is 0 Å². The van der Waals surface area contributed by atoms with E-state index in [9.17, 15) is 44.3 Å². The molecule has 0 fully saturated rings. The maximum Gasteiger partial charge on any atom is 0.460 e. The highest BCUT2D eigenvalue weighted by Crippen LogP contribution is 2.56. The zero-order chi connectivity index (χ0) is 20.1. The minimum atomic E-state index is -7.04. The molecule has 0 amide bonds. The number of halogens is 9. The molecule has 0 saturated carbocycles. The van der Waals surface area contributed by atoms with E-state index in [1.54, 1.807) is 6.07 Å². The summed E-state index contributed by atoms with van der Waals surface area (Å²) in [5.74, 6) is -24.7. The zero-order valence-corrected chi connectivity index (χ0v) is 12.5. The monoisotopic (exact) mass is 389 g/mol. The third-order valence-corrected chi connectivity index (χ3v) is 4.13. The Balaban J connectivity index is 2.50. The first-order valence-electron chi connectivity index (χ1n) is 6.96. The largest absolute Gasteiger partial charge is 0.460 e. The zero-order valence-electron chi connectivity index (χ0n) is 12.5. The van der Waals surface area contributed by atoms with Crippen molar-refractivity contribution >= 4 is 5.78 Å². The van der Waals surface area contributed by atoms with Crippen molar-refractivity contribution in [3.8, 4) is 6.07 Å². The van der Waals surface area contributed by atoms with Gasteiger partial charge in [-0.25, -0.2) is 0 Å². The van der Waals surface area contributed by atoms with Gasteiger partial charge in [0, 0.05) is 5.56 Å². The van der Waals surface area contributed by atoms with Crippen LogP contribution in [0.15, 0.2) is 18.2 Å². The van der Waals surface area contributed by atoms with Crippen molar-refractivity contribution in [3.05, 3.63) is 34.9 Å². The van der Waals surface area contributed by atoms with Crippen LogP contribution >= 0.6 is 0 Å². The van der Waals surface area contributed by atoms with Gasteiger partial charge in [0.15, 0.2) is 5.78 Å². The molecule has 0 saturated heterocycles. The van der Waals surface area contributed by atoms with E-state index in [1.165, 1.54) is 12.1 Å². The van der Waals surface area contributed by atoms with Crippen molar-refractivity contribution < 1.29 is 44.3 Å². The van der Waals surface area contributed by atoms with E-state index in [1.807, 2.05) is 0 Å². The van der Waals surface area contributed by atoms with Gasteiger partial charge in [0.25, 0.3) is 0 Å². The number of nitriles is 1. The lowest BCUT2D eigenvalue weighted by molar-refractivity contribution is -0.400. The van der Waals surface area contributed by atoms with E-state index in [0.29, 0.717) is 0 Å². The fraction of sp³-hybridized carbons (Fsp3) is 0.467. The van der Waals surface area contributed by atoms with Crippen molar-refractivity contribution in [2.45, 2.75) is 36.8 Å². The Bertz CT molecular complexity index is 776. The molecule has 142 valence electrons. The molecule has 1 aliphatic carbocycles. The second-order valence-corrected chi connectivity index (χ2v) is 5.71. The summed E-state index contributed by atoms with van der Waals surface area (Å²) in [5, 5.41) is 8.72. The Labute approximate surface area is 140 Å². The number of hydrogen-bond donors (Lipinski definition) is 0. The van der Waals surface area contributed by atoms with Crippen LogP contribution in [-0.2, 0) is 6.42 Å². The Hall–Kier alpha value is -2.25. The Morgan fingerprint density at radius 3 is 2.04 bits per heavy atom. The number of aryl methyl sites for hydroxylation is 1. The molecular weight excluding hydrogens is 381 g/mol. The lowest BCUT2D eigenvalue weighted by atomic mass is 9.76. The Kier molecular flexibility index (Phi) is 4.54. The van der Waals surface area contributed by atoms with Gasteiger partial charge in [-0.3, -0.25) is 4.79 Å². The van der Waals surface area contributed by atoms with Gasteiger partial charge >= 0.3 is 23.9 Å². The van der Waals surface area contributed by atoms with Crippen molar-refractivity contribution in [2.75, 3.05) is 0 Å². The van der Waals surface area contributed by atoms with Gasteiger partial charge in [-0.05, 0) is 30.5 Å². The molecule has 26 heavy (non-hydrogen) atoms. The van der Waals surface area contributed by atoms with Gasteiger partial charge in [-0.2, -0.15) is 44.8 Å². The Morgan fingerprint density at radius 2 is 1.54 bits per heavy atom. The van der Waals surface area contributed by atoms with Gasteiger partial charge in [0.05, 0.1) is 17.6 Å². The number of fused-ring (bicyclic) bond motifs is 1. The number of ketones is 1. The van der Waals surface area contributed by atoms with Crippen LogP contribution in [0.3, 0.4) is 0 Å².